The molecule has 1 unspecified atom stereocenters. The Balaban J connectivity index is 1.86. The molecule has 32 heavy (non-hydrogen) atoms. The molecule has 176 valence electrons. The van der Waals surface area contributed by atoms with E-state index in [1.807, 2.05) is 6.92 Å². The van der Waals surface area contributed by atoms with Gasteiger partial charge in [-0.05, 0) is 55.3 Å². The van der Waals surface area contributed by atoms with Gasteiger partial charge in [-0.25, -0.2) is 25.9 Å². The number of nitrogens with one attached hydrogen (secondary N) is 2. The number of benzene rings is 2. The van der Waals surface area contributed by atoms with Gasteiger partial charge in [-0.15, -0.1) is 0 Å². The number of sulfonamides is 2. The van der Waals surface area contributed by atoms with Gasteiger partial charge < -0.3 is 10.1 Å². The summed E-state index contributed by atoms with van der Waals surface area (Å²) >= 11 is 0. The normalized spacial score (nSPS) is 13.0. The Morgan fingerprint density at radius 3 is 2.06 bits per heavy atom. The van der Waals surface area contributed by atoms with Crippen molar-refractivity contribution in [1.29, 1.82) is 0 Å². The quantitative estimate of drug-likeness (QED) is 0.502. The first-order valence-electron chi connectivity index (χ1n) is 9.99. The van der Waals surface area contributed by atoms with Gasteiger partial charge >= 0.3 is 0 Å². The van der Waals surface area contributed by atoms with Crippen molar-refractivity contribution in [1.82, 2.24) is 14.3 Å². The van der Waals surface area contributed by atoms with Crippen LogP contribution in [0.3, 0.4) is 0 Å². The number of hydrogen-bond donors (Lipinski definition) is 2. The van der Waals surface area contributed by atoms with Gasteiger partial charge in [-0.3, -0.25) is 4.79 Å². The van der Waals surface area contributed by atoms with Crippen molar-refractivity contribution < 1.29 is 26.4 Å². The summed E-state index contributed by atoms with van der Waals surface area (Å²) in [5, 5.41) is 2.68. The van der Waals surface area contributed by atoms with Crippen LogP contribution < -0.4 is 14.8 Å². The van der Waals surface area contributed by atoms with Gasteiger partial charge in [-0.1, -0.05) is 19.1 Å². The summed E-state index contributed by atoms with van der Waals surface area (Å²) in [6.45, 7) is 3.64. The van der Waals surface area contributed by atoms with Gasteiger partial charge in [0.05, 0.1) is 9.79 Å². The van der Waals surface area contributed by atoms with Crippen LogP contribution in [0.1, 0.15) is 25.8 Å². The van der Waals surface area contributed by atoms with E-state index in [9.17, 15) is 21.6 Å². The Hall–Kier alpha value is -2.47. The van der Waals surface area contributed by atoms with Crippen LogP contribution in [0.4, 0.5) is 0 Å². The van der Waals surface area contributed by atoms with Crippen molar-refractivity contribution in [3.8, 4) is 5.75 Å². The Labute approximate surface area is 189 Å². The molecule has 0 radical (unpaired) electrons. The first-order chi connectivity index (χ1) is 15.0. The summed E-state index contributed by atoms with van der Waals surface area (Å²) in [6.07, 6.45) is 0.675. The Morgan fingerprint density at radius 1 is 0.969 bits per heavy atom. The molecule has 2 aromatic rings. The van der Waals surface area contributed by atoms with E-state index < -0.39 is 20.0 Å². The fourth-order valence-electron chi connectivity index (χ4n) is 2.52. The maximum atomic E-state index is 12.3. The lowest BCUT2D eigenvalue weighted by Gasteiger charge is -2.13. The predicted octanol–water partition coefficient (Wildman–Crippen LogP) is 1.71. The Bertz CT molecular complexity index is 1110. The highest BCUT2D eigenvalue weighted by Crippen LogP contribution is 2.17. The average Bonchev–Trinajstić information content (AvgIpc) is 2.76. The fourth-order valence-corrected chi connectivity index (χ4v) is 4.75. The molecule has 11 heteroatoms. The minimum Gasteiger partial charge on any atom is -0.484 e. The predicted molar refractivity (Wildman–Crippen MR) is 121 cm³/mol. The number of hydrogen-bond acceptors (Lipinski definition) is 6. The Kier molecular flexibility index (Phi) is 8.79. The molecular weight excluding hydrogens is 454 g/mol. The molecule has 0 heterocycles. The van der Waals surface area contributed by atoms with Crippen molar-refractivity contribution >= 4 is 26.0 Å². The van der Waals surface area contributed by atoms with Crippen LogP contribution in [0.5, 0.6) is 5.75 Å². The maximum absolute atomic E-state index is 12.3. The van der Waals surface area contributed by atoms with E-state index in [4.69, 9.17) is 4.74 Å². The number of carbonyl (C=O) groups is 1. The highest BCUT2D eigenvalue weighted by molar-refractivity contribution is 7.89. The third-order valence-corrected chi connectivity index (χ3v) is 8.10. The zero-order valence-corrected chi connectivity index (χ0v) is 20.2. The lowest BCUT2D eigenvalue weighted by atomic mass is 10.2. The van der Waals surface area contributed by atoms with Gasteiger partial charge in [0.1, 0.15) is 5.75 Å². The molecular formula is C21H29N3O6S2. The average molecular weight is 484 g/mol. The fraction of sp³-hybridized carbons (Fsp3) is 0.381. The van der Waals surface area contributed by atoms with E-state index >= 15 is 0 Å². The van der Waals surface area contributed by atoms with Gasteiger partial charge in [-0.2, -0.15) is 0 Å². The number of ether oxygens (including phenoxy) is 1. The van der Waals surface area contributed by atoms with E-state index in [1.165, 1.54) is 50.5 Å². The van der Waals surface area contributed by atoms with Crippen LogP contribution in [0, 0.1) is 0 Å². The molecule has 2 rings (SSSR count). The first kappa shape index (κ1) is 25.8. The summed E-state index contributed by atoms with van der Waals surface area (Å²) in [5.41, 5.74) is 0.736. The second-order valence-electron chi connectivity index (χ2n) is 7.40. The molecule has 0 saturated carbocycles. The van der Waals surface area contributed by atoms with Crippen LogP contribution >= 0.6 is 0 Å². The number of amides is 1. The van der Waals surface area contributed by atoms with Crippen molar-refractivity contribution in [2.45, 2.75) is 42.6 Å². The van der Waals surface area contributed by atoms with Gasteiger partial charge in [0.2, 0.25) is 20.0 Å². The molecule has 0 aromatic heterocycles. The first-order valence-corrected chi connectivity index (χ1v) is 12.9. The summed E-state index contributed by atoms with van der Waals surface area (Å²) in [5.74, 6) is -0.00832. The topological polar surface area (TPSA) is 122 Å². The van der Waals surface area contributed by atoms with Gasteiger partial charge in [0, 0.05) is 26.7 Å². The van der Waals surface area contributed by atoms with E-state index in [-0.39, 0.29) is 34.9 Å². The van der Waals surface area contributed by atoms with Crippen LogP contribution in [-0.4, -0.2) is 53.8 Å². The molecule has 0 spiro atoms. The maximum Gasteiger partial charge on any atom is 0.258 e. The summed E-state index contributed by atoms with van der Waals surface area (Å²) < 4.78 is 57.8. The van der Waals surface area contributed by atoms with Crippen LogP contribution in [0.15, 0.2) is 58.3 Å². The van der Waals surface area contributed by atoms with Crippen LogP contribution in [0.25, 0.3) is 0 Å². The lowest BCUT2D eigenvalue weighted by Crippen LogP contribution is -2.32. The largest absolute Gasteiger partial charge is 0.484 e. The highest BCUT2D eigenvalue weighted by Gasteiger charge is 2.17. The molecule has 2 N–H and O–H groups in total. The third-order valence-electron chi connectivity index (χ3n) is 4.66. The summed E-state index contributed by atoms with van der Waals surface area (Å²) in [7, 11) is -4.18. The smallest absolute Gasteiger partial charge is 0.258 e. The van der Waals surface area contributed by atoms with Crippen molar-refractivity contribution in [2.24, 2.45) is 0 Å². The zero-order chi connectivity index (χ0) is 23.9. The van der Waals surface area contributed by atoms with E-state index in [0.717, 1.165) is 9.87 Å². The van der Waals surface area contributed by atoms with Gasteiger partial charge in [0.15, 0.2) is 6.61 Å². The molecule has 0 fully saturated rings. The number of carbonyl (C=O) groups excluding carboxylic acids is 1. The lowest BCUT2D eigenvalue weighted by molar-refractivity contribution is -0.123. The minimum atomic E-state index is -3.60. The highest BCUT2D eigenvalue weighted by atomic mass is 32.2. The van der Waals surface area contributed by atoms with Crippen molar-refractivity contribution in [2.75, 3.05) is 20.7 Å². The molecule has 0 aliphatic heterocycles. The number of rotatable bonds is 11. The van der Waals surface area contributed by atoms with E-state index in [2.05, 4.69) is 10.0 Å². The molecule has 0 bridgehead atoms. The summed E-state index contributed by atoms with van der Waals surface area (Å²) in [6, 6.07) is 11.9. The Morgan fingerprint density at radius 2 is 1.53 bits per heavy atom. The summed E-state index contributed by atoms with van der Waals surface area (Å²) in [4.78, 5) is 12.3. The molecule has 0 aliphatic carbocycles. The van der Waals surface area contributed by atoms with E-state index in [1.54, 1.807) is 19.1 Å². The minimum absolute atomic E-state index is 0.120. The van der Waals surface area contributed by atoms with Gasteiger partial charge in [0.25, 0.3) is 5.91 Å². The molecule has 0 aliphatic rings. The van der Waals surface area contributed by atoms with Crippen molar-refractivity contribution in [3.63, 3.8) is 0 Å². The van der Waals surface area contributed by atoms with Crippen LogP contribution in [0.2, 0.25) is 0 Å². The second-order valence-corrected chi connectivity index (χ2v) is 11.3. The third kappa shape index (κ3) is 7.02. The molecule has 9 nitrogen and oxygen atoms in total. The number of nitrogens with zero attached hydrogens (tertiary/aromatic N) is 1. The standard InChI is InChI=1S/C21H29N3O6S2/c1-5-16(2)23-31(26,27)19-12-8-18(9-13-19)30-15-21(25)22-14-17-6-10-20(11-7-17)32(28,29)24(3)4/h6-13,16,23H,5,14-15H2,1-4H3,(H,22,25). The SMILES string of the molecule is CCC(C)NS(=O)(=O)c1ccc(OCC(=O)NCc2ccc(S(=O)(=O)N(C)C)cc2)cc1. The van der Waals surface area contributed by atoms with Crippen molar-refractivity contribution in [3.05, 3.63) is 54.1 Å². The zero-order valence-electron chi connectivity index (χ0n) is 18.5. The monoisotopic (exact) mass is 483 g/mol. The molecule has 1 amide bonds. The van der Waals surface area contributed by atoms with Crippen LogP contribution in [-0.2, 0) is 31.4 Å². The van der Waals surface area contributed by atoms with E-state index in [0.29, 0.717) is 12.2 Å². The second kappa shape index (κ2) is 10.9. The molecule has 0 saturated heterocycles. The molecule has 2 aromatic carbocycles. The molecule has 1 atom stereocenters.